The largest absolute Gasteiger partial charge is 0.481 e. The maximum Gasteiger partial charge on any atom is 0.309 e. The van der Waals surface area contributed by atoms with Crippen LogP contribution >= 0.6 is 0 Å². The topological polar surface area (TPSA) is 68.0 Å². The van der Waals surface area contributed by atoms with Gasteiger partial charge < -0.3 is 5.11 Å². The Kier molecular flexibility index (Phi) is 3.41. The molecule has 5 nitrogen and oxygen atoms in total. The third-order valence-corrected chi connectivity index (χ3v) is 2.81. The van der Waals surface area contributed by atoms with Crippen LogP contribution < -0.4 is 0 Å². The van der Waals surface area contributed by atoms with E-state index in [1.807, 2.05) is 32.0 Å². The monoisotopic (exact) mass is 245 g/mol. The van der Waals surface area contributed by atoms with Crippen LogP contribution in [0.1, 0.15) is 22.5 Å². The molecule has 1 aromatic heterocycles. The third kappa shape index (κ3) is 2.74. The second kappa shape index (κ2) is 5.00. The molecule has 0 radical (unpaired) electrons. The van der Waals surface area contributed by atoms with Crippen LogP contribution in [-0.2, 0) is 17.8 Å². The van der Waals surface area contributed by atoms with Crippen molar-refractivity contribution in [1.82, 2.24) is 15.0 Å². The zero-order chi connectivity index (χ0) is 13.1. The summed E-state index contributed by atoms with van der Waals surface area (Å²) in [5.41, 5.74) is 3.65. The van der Waals surface area contributed by atoms with E-state index in [0.717, 1.165) is 11.3 Å². The van der Waals surface area contributed by atoms with E-state index in [4.69, 9.17) is 5.11 Å². The summed E-state index contributed by atoms with van der Waals surface area (Å²) in [7, 11) is 0. The fourth-order valence-corrected chi connectivity index (χ4v) is 1.84. The van der Waals surface area contributed by atoms with Crippen molar-refractivity contribution in [3.05, 3.63) is 46.8 Å². The number of nitrogens with zero attached hydrogens (tertiary/aromatic N) is 3. The smallest absolute Gasteiger partial charge is 0.309 e. The van der Waals surface area contributed by atoms with Gasteiger partial charge >= 0.3 is 5.97 Å². The zero-order valence-electron chi connectivity index (χ0n) is 10.4. The van der Waals surface area contributed by atoms with Gasteiger partial charge in [-0.25, -0.2) is 4.68 Å². The van der Waals surface area contributed by atoms with Gasteiger partial charge in [-0.3, -0.25) is 4.79 Å². The van der Waals surface area contributed by atoms with Gasteiger partial charge in [-0.2, -0.15) is 0 Å². The molecule has 0 aliphatic carbocycles. The fourth-order valence-electron chi connectivity index (χ4n) is 1.84. The summed E-state index contributed by atoms with van der Waals surface area (Å²) >= 11 is 0. The average Bonchev–Trinajstić information content (AvgIpc) is 2.61. The molecule has 0 fully saturated rings. The second-order valence-electron chi connectivity index (χ2n) is 4.34. The molecule has 0 spiro atoms. The van der Waals surface area contributed by atoms with E-state index >= 15 is 0 Å². The number of aliphatic carboxylic acids is 1. The molecule has 2 aromatic rings. The summed E-state index contributed by atoms with van der Waals surface area (Å²) in [5, 5.41) is 16.7. The Morgan fingerprint density at radius 1 is 1.39 bits per heavy atom. The summed E-state index contributed by atoms with van der Waals surface area (Å²) in [6, 6.07) is 8.13. The van der Waals surface area contributed by atoms with E-state index in [1.54, 1.807) is 4.68 Å². The highest BCUT2D eigenvalue weighted by atomic mass is 16.4. The average molecular weight is 245 g/mol. The Morgan fingerprint density at radius 2 is 2.17 bits per heavy atom. The molecular formula is C13H15N3O2. The zero-order valence-corrected chi connectivity index (χ0v) is 10.4. The van der Waals surface area contributed by atoms with Gasteiger partial charge in [0.1, 0.15) is 0 Å². The van der Waals surface area contributed by atoms with Crippen LogP contribution in [0.15, 0.2) is 24.3 Å². The van der Waals surface area contributed by atoms with Crippen molar-refractivity contribution < 1.29 is 9.90 Å². The normalized spacial score (nSPS) is 10.6. The number of carboxylic acid groups (broad SMARTS) is 1. The Bertz CT molecular complexity index is 575. The number of aryl methyl sites for hydroxylation is 1. The summed E-state index contributed by atoms with van der Waals surface area (Å²) < 4.78 is 1.73. The van der Waals surface area contributed by atoms with Gasteiger partial charge in [0.15, 0.2) is 0 Å². The summed E-state index contributed by atoms with van der Waals surface area (Å²) in [6.07, 6.45) is -0.0837. The summed E-state index contributed by atoms with van der Waals surface area (Å²) in [6.45, 7) is 4.49. The lowest BCUT2D eigenvalue weighted by atomic mass is 10.1. The minimum Gasteiger partial charge on any atom is -0.481 e. The molecule has 0 aliphatic rings. The van der Waals surface area contributed by atoms with Crippen LogP contribution in [0, 0.1) is 13.8 Å². The van der Waals surface area contributed by atoms with Crippen molar-refractivity contribution in [3.63, 3.8) is 0 Å². The van der Waals surface area contributed by atoms with Gasteiger partial charge in [0.25, 0.3) is 0 Å². The van der Waals surface area contributed by atoms with Crippen molar-refractivity contribution in [2.75, 3.05) is 0 Å². The molecular weight excluding hydrogens is 230 g/mol. The highest BCUT2D eigenvalue weighted by Crippen LogP contribution is 2.10. The molecule has 5 heteroatoms. The number of carboxylic acids is 1. The first-order valence-electron chi connectivity index (χ1n) is 5.72. The van der Waals surface area contributed by atoms with Gasteiger partial charge in [0.05, 0.1) is 24.4 Å². The van der Waals surface area contributed by atoms with E-state index in [-0.39, 0.29) is 6.42 Å². The lowest BCUT2D eigenvalue weighted by Gasteiger charge is -2.04. The van der Waals surface area contributed by atoms with Crippen molar-refractivity contribution in [3.8, 4) is 0 Å². The molecule has 94 valence electrons. The summed E-state index contributed by atoms with van der Waals surface area (Å²) in [5.74, 6) is -0.888. The van der Waals surface area contributed by atoms with Crippen molar-refractivity contribution in [2.24, 2.45) is 0 Å². The predicted molar refractivity (Wildman–Crippen MR) is 66.4 cm³/mol. The molecule has 0 amide bonds. The number of hydrogen-bond donors (Lipinski definition) is 1. The van der Waals surface area contributed by atoms with Crippen LogP contribution in [0.25, 0.3) is 0 Å². The van der Waals surface area contributed by atoms with Gasteiger partial charge in [0.2, 0.25) is 0 Å². The molecule has 2 rings (SSSR count). The highest BCUT2D eigenvalue weighted by Gasteiger charge is 2.11. The highest BCUT2D eigenvalue weighted by molar-refractivity contribution is 5.69. The van der Waals surface area contributed by atoms with Gasteiger partial charge in [0, 0.05) is 0 Å². The molecule has 0 unspecified atom stereocenters. The van der Waals surface area contributed by atoms with E-state index in [9.17, 15) is 4.79 Å². The minimum atomic E-state index is -0.888. The molecule has 1 aromatic carbocycles. The molecule has 0 atom stereocenters. The number of carbonyl (C=O) groups is 1. The maximum absolute atomic E-state index is 10.7. The molecule has 1 heterocycles. The maximum atomic E-state index is 10.7. The Labute approximate surface area is 105 Å². The lowest BCUT2D eigenvalue weighted by Crippen LogP contribution is -2.06. The van der Waals surface area contributed by atoms with E-state index in [1.165, 1.54) is 5.56 Å². The van der Waals surface area contributed by atoms with Gasteiger partial charge in [-0.1, -0.05) is 35.0 Å². The van der Waals surface area contributed by atoms with E-state index in [2.05, 4.69) is 16.4 Å². The van der Waals surface area contributed by atoms with Crippen LogP contribution in [0.2, 0.25) is 0 Å². The molecule has 0 saturated carbocycles. The third-order valence-electron chi connectivity index (χ3n) is 2.81. The Morgan fingerprint density at radius 3 is 2.83 bits per heavy atom. The first kappa shape index (κ1) is 12.3. The molecule has 0 saturated heterocycles. The van der Waals surface area contributed by atoms with Crippen LogP contribution in [-0.4, -0.2) is 26.1 Å². The van der Waals surface area contributed by atoms with Crippen molar-refractivity contribution >= 4 is 5.97 Å². The number of benzene rings is 1. The number of rotatable bonds is 4. The van der Waals surface area contributed by atoms with E-state index < -0.39 is 5.97 Å². The fraction of sp³-hybridized carbons (Fsp3) is 0.308. The number of aromatic nitrogens is 3. The summed E-state index contributed by atoms with van der Waals surface area (Å²) in [4.78, 5) is 10.7. The van der Waals surface area contributed by atoms with Crippen LogP contribution in [0.3, 0.4) is 0 Å². The van der Waals surface area contributed by atoms with Crippen LogP contribution in [0.5, 0.6) is 0 Å². The van der Waals surface area contributed by atoms with Crippen LogP contribution in [0.4, 0.5) is 0 Å². The first-order valence-corrected chi connectivity index (χ1v) is 5.72. The quantitative estimate of drug-likeness (QED) is 0.887. The Balaban J connectivity index is 2.20. The lowest BCUT2D eigenvalue weighted by molar-refractivity contribution is -0.136. The number of hydrogen-bond acceptors (Lipinski definition) is 3. The Hall–Kier alpha value is -2.17. The molecule has 18 heavy (non-hydrogen) atoms. The van der Waals surface area contributed by atoms with Gasteiger partial charge in [-0.15, -0.1) is 5.10 Å². The van der Waals surface area contributed by atoms with Crippen molar-refractivity contribution in [2.45, 2.75) is 26.8 Å². The SMILES string of the molecule is Cc1cccc(Cn2nnc(CC(=O)O)c2C)c1. The predicted octanol–water partition coefficient (Wildman–Crippen LogP) is 1.57. The molecule has 1 N–H and O–H groups in total. The van der Waals surface area contributed by atoms with E-state index in [0.29, 0.717) is 12.2 Å². The molecule has 0 bridgehead atoms. The minimum absolute atomic E-state index is 0.0837. The second-order valence-corrected chi connectivity index (χ2v) is 4.34. The van der Waals surface area contributed by atoms with Crippen molar-refractivity contribution in [1.29, 1.82) is 0 Å². The molecule has 0 aliphatic heterocycles. The van der Waals surface area contributed by atoms with Gasteiger partial charge in [-0.05, 0) is 19.4 Å². The standard InChI is InChI=1S/C13H15N3O2/c1-9-4-3-5-11(6-9)8-16-10(2)12(14-15-16)7-13(17)18/h3-6H,7-8H2,1-2H3,(H,17,18). The first-order chi connectivity index (χ1) is 8.56.